The van der Waals surface area contributed by atoms with Crippen LogP contribution in [0.25, 0.3) is 11.6 Å². The Labute approximate surface area is 129 Å². The standard InChI is InChI=1S/C12H12N6O3S/c1-3-17-9(8-5-4-6-21-8)14-15-12(17)22-11-10(18(19)20)13-7-16(11)2/h4-7H,3H2,1-2H3. The average Bonchev–Trinajstić information content (AvgIpc) is 3.20. The van der Waals surface area contributed by atoms with E-state index >= 15 is 0 Å². The van der Waals surface area contributed by atoms with Gasteiger partial charge in [-0.25, -0.2) is 0 Å². The van der Waals surface area contributed by atoms with E-state index in [4.69, 9.17) is 4.42 Å². The first-order valence-electron chi connectivity index (χ1n) is 6.42. The smallest absolute Gasteiger partial charge is 0.396 e. The van der Waals surface area contributed by atoms with Gasteiger partial charge in [0.25, 0.3) is 0 Å². The van der Waals surface area contributed by atoms with Crippen LogP contribution in [0.1, 0.15) is 6.92 Å². The van der Waals surface area contributed by atoms with Gasteiger partial charge in [-0.3, -0.25) is 4.57 Å². The zero-order valence-corrected chi connectivity index (χ0v) is 12.6. The predicted octanol–water partition coefficient (Wildman–Crippen LogP) is 2.35. The van der Waals surface area contributed by atoms with E-state index in [1.165, 1.54) is 6.33 Å². The number of aryl methyl sites for hydroxylation is 1. The van der Waals surface area contributed by atoms with Crippen LogP contribution < -0.4 is 0 Å². The van der Waals surface area contributed by atoms with Crippen LogP contribution in [0.2, 0.25) is 0 Å². The first-order chi connectivity index (χ1) is 10.6. The summed E-state index contributed by atoms with van der Waals surface area (Å²) >= 11 is 1.15. The Morgan fingerprint density at radius 1 is 1.45 bits per heavy atom. The Morgan fingerprint density at radius 3 is 2.91 bits per heavy atom. The van der Waals surface area contributed by atoms with Crippen molar-refractivity contribution in [2.75, 3.05) is 0 Å². The molecule has 0 spiro atoms. The normalized spacial score (nSPS) is 11.0. The lowest BCUT2D eigenvalue weighted by Gasteiger charge is -2.05. The monoisotopic (exact) mass is 320 g/mol. The highest BCUT2D eigenvalue weighted by Gasteiger charge is 2.24. The molecule has 3 aromatic rings. The van der Waals surface area contributed by atoms with E-state index in [1.54, 1.807) is 30.0 Å². The van der Waals surface area contributed by atoms with E-state index in [9.17, 15) is 10.1 Å². The van der Waals surface area contributed by atoms with E-state index < -0.39 is 4.92 Å². The van der Waals surface area contributed by atoms with E-state index in [2.05, 4.69) is 15.2 Å². The first-order valence-corrected chi connectivity index (χ1v) is 7.24. The second-order valence-electron chi connectivity index (χ2n) is 4.37. The number of aromatic nitrogens is 5. The number of nitro groups is 1. The summed E-state index contributed by atoms with van der Waals surface area (Å²) in [5.41, 5.74) is 0. The van der Waals surface area contributed by atoms with Crippen LogP contribution in [0.3, 0.4) is 0 Å². The molecule has 0 saturated carbocycles. The van der Waals surface area contributed by atoms with Crippen LogP contribution in [0, 0.1) is 10.1 Å². The molecule has 0 saturated heterocycles. The summed E-state index contributed by atoms with van der Waals surface area (Å²) in [6.45, 7) is 2.55. The predicted molar refractivity (Wildman–Crippen MR) is 77.4 cm³/mol. The number of rotatable bonds is 5. The zero-order valence-electron chi connectivity index (χ0n) is 11.8. The fourth-order valence-electron chi connectivity index (χ4n) is 1.97. The Hall–Kier alpha value is -2.62. The van der Waals surface area contributed by atoms with Crippen LogP contribution >= 0.6 is 11.8 Å². The molecule has 0 atom stereocenters. The summed E-state index contributed by atoms with van der Waals surface area (Å²) in [6.07, 6.45) is 2.96. The minimum Gasteiger partial charge on any atom is -0.461 e. The van der Waals surface area contributed by atoms with Gasteiger partial charge < -0.3 is 19.1 Å². The summed E-state index contributed by atoms with van der Waals surface area (Å²) in [6, 6.07) is 3.56. The van der Waals surface area contributed by atoms with Gasteiger partial charge >= 0.3 is 5.82 Å². The third-order valence-corrected chi connectivity index (χ3v) is 4.15. The summed E-state index contributed by atoms with van der Waals surface area (Å²) in [5, 5.41) is 20.2. The van der Waals surface area contributed by atoms with Gasteiger partial charge in [0.15, 0.2) is 21.8 Å². The molecule has 0 bridgehead atoms. The molecule has 0 N–H and O–H groups in total. The van der Waals surface area contributed by atoms with Crippen molar-refractivity contribution in [1.29, 1.82) is 0 Å². The molecular weight excluding hydrogens is 308 g/mol. The summed E-state index contributed by atoms with van der Waals surface area (Å²) < 4.78 is 8.76. The maximum absolute atomic E-state index is 11.0. The quantitative estimate of drug-likeness (QED) is 0.525. The van der Waals surface area contributed by atoms with E-state index in [-0.39, 0.29) is 5.82 Å². The van der Waals surface area contributed by atoms with Crippen molar-refractivity contribution in [3.63, 3.8) is 0 Å². The molecule has 0 aliphatic rings. The highest BCUT2D eigenvalue weighted by molar-refractivity contribution is 7.99. The van der Waals surface area contributed by atoms with Crippen molar-refractivity contribution in [2.24, 2.45) is 7.05 Å². The molecule has 9 nitrogen and oxygen atoms in total. The number of nitrogens with zero attached hydrogens (tertiary/aromatic N) is 6. The summed E-state index contributed by atoms with van der Waals surface area (Å²) in [5.74, 6) is 0.984. The van der Waals surface area contributed by atoms with Gasteiger partial charge in [-0.2, -0.15) is 0 Å². The number of imidazole rings is 1. The fraction of sp³-hybridized carbons (Fsp3) is 0.250. The minimum atomic E-state index is -0.511. The Bertz CT molecular complexity index is 807. The van der Waals surface area contributed by atoms with Gasteiger partial charge in [0.1, 0.15) is 0 Å². The van der Waals surface area contributed by atoms with Crippen molar-refractivity contribution >= 4 is 17.6 Å². The zero-order chi connectivity index (χ0) is 15.7. The lowest BCUT2D eigenvalue weighted by atomic mass is 10.4. The van der Waals surface area contributed by atoms with Gasteiger partial charge in [-0.1, -0.05) is 0 Å². The van der Waals surface area contributed by atoms with Crippen molar-refractivity contribution < 1.29 is 9.34 Å². The van der Waals surface area contributed by atoms with Gasteiger partial charge in [0.2, 0.25) is 6.33 Å². The molecule has 0 aromatic carbocycles. The second kappa shape index (κ2) is 5.64. The minimum absolute atomic E-state index is 0.197. The number of furan rings is 1. The van der Waals surface area contributed by atoms with Crippen molar-refractivity contribution in [1.82, 2.24) is 24.3 Å². The van der Waals surface area contributed by atoms with E-state index in [1.807, 2.05) is 11.5 Å². The Morgan fingerprint density at radius 2 is 2.27 bits per heavy atom. The molecule has 0 unspecified atom stereocenters. The molecule has 0 aliphatic carbocycles. The van der Waals surface area contributed by atoms with Crippen molar-refractivity contribution in [3.8, 4) is 11.6 Å². The van der Waals surface area contributed by atoms with Gasteiger partial charge in [0, 0.05) is 13.6 Å². The van der Waals surface area contributed by atoms with Crippen LogP contribution in [0.4, 0.5) is 5.82 Å². The third-order valence-electron chi connectivity index (χ3n) is 3.00. The molecular formula is C12H12N6O3S. The molecule has 114 valence electrons. The summed E-state index contributed by atoms with van der Waals surface area (Å²) in [4.78, 5) is 14.3. The van der Waals surface area contributed by atoms with Gasteiger partial charge in [-0.05, 0) is 40.7 Å². The number of hydrogen-bond donors (Lipinski definition) is 0. The third kappa shape index (κ3) is 2.37. The van der Waals surface area contributed by atoms with Crippen LogP contribution in [-0.4, -0.2) is 29.2 Å². The molecule has 10 heteroatoms. The largest absolute Gasteiger partial charge is 0.461 e. The Balaban J connectivity index is 2.00. The lowest BCUT2D eigenvalue weighted by Crippen LogP contribution is -2.00. The van der Waals surface area contributed by atoms with Crippen molar-refractivity contribution in [2.45, 2.75) is 23.7 Å². The average molecular weight is 320 g/mol. The van der Waals surface area contributed by atoms with Crippen molar-refractivity contribution in [3.05, 3.63) is 34.8 Å². The van der Waals surface area contributed by atoms with Gasteiger partial charge in [0.05, 0.1) is 6.26 Å². The van der Waals surface area contributed by atoms with Crippen LogP contribution in [0.5, 0.6) is 0 Å². The van der Waals surface area contributed by atoms with E-state index in [0.29, 0.717) is 28.3 Å². The Kier molecular flexibility index (Phi) is 3.67. The SMILES string of the molecule is CCn1c(Sc2c([N+](=O)[O-])ncn2C)nnc1-c1ccco1. The molecule has 3 heterocycles. The highest BCUT2D eigenvalue weighted by Crippen LogP contribution is 2.34. The van der Waals surface area contributed by atoms with Gasteiger partial charge in [-0.15, -0.1) is 10.2 Å². The van der Waals surface area contributed by atoms with Crippen LogP contribution in [0.15, 0.2) is 39.3 Å². The molecule has 3 aromatic heterocycles. The molecule has 22 heavy (non-hydrogen) atoms. The molecule has 0 radical (unpaired) electrons. The number of hydrogen-bond acceptors (Lipinski definition) is 7. The fourth-order valence-corrected chi connectivity index (χ4v) is 2.96. The maximum Gasteiger partial charge on any atom is 0.396 e. The topological polar surface area (TPSA) is 105 Å². The highest BCUT2D eigenvalue weighted by atomic mass is 32.2. The molecule has 3 rings (SSSR count). The molecule has 0 fully saturated rings. The lowest BCUT2D eigenvalue weighted by molar-refractivity contribution is -0.392. The van der Waals surface area contributed by atoms with Crippen LogP contribution in [-0.2, 0) is 13.6 Å². The summed E-state index contributed by atoms with van der Waals surface area (Å²) in [7, 11) is 1.70. The first kappa shape index (κ1) is 14.3. The second-order valence-corrected chi connectivity index (χ2v) is 5.33. The molecule has 0 aliphatic heterocycles. The van der Waals surface area contributed by atoms with E-state index in [0.717, 1.165) is 11.8 Å². The maximum atomic E-state index is 11.0. The molecule has 0 amide bonds.